The maximum absolute atomic E-state index is 2.65. The monoisotopic (exact) mass is 667 g/mol. The second kappa shape index (κ2) is 9.12. The Bertz CT molecular complexity index is 2460. The molecule has 0 saturated heterocycles. The van der Waals surface area contributed by atoms with Gasteiger partial charge in [0.1, 0.15) is 0 Å². The molecule has 0 amide bonds. The molecule has 6 aliphatic rings. The molecule has 12 rings (SSSR count). The van der Waals surface area contributed by atoms with Crippen molar-refractivity contribution in [2.24, 2.45) is 29.1 Å². The van der Waals surface area contributed by atoms with Gasteiger partial charge in [-0.05, 0) is 149 Å². The molecular formula is C48H45NS. The minimum absolute atomic E-state index is 0.137. The van der Waals surface area contributed by atoms with E-state index in [0.29, 0.717) is 5.41 Å². The van der Waals surface area contributed by atoms with E-state index in [1.54, 1.807) is 11.1 Å². The number of hydrogen-bond acceptors (Lipinski definition) is 2. The number of anilines is 3. The summed E-state index contributed by atoms with van der Waals surface area (Å²) in [6, 6.07) is 40.7. The van der Waals surface area contributed by atoms with Crippen LogP contribution in [0.2, 0.25) is 0 Å². The Morgan fingerprint density at radius 2 is 1.32 bits per heavy atom. The Labute approximate surface area is 300 Å². The van der Waals surface area contributed by atoms with E-state index in [9.17, 15) is 0 Å². The SMILES string of the molecule is CC1(C)CCC(C)(C)c2cc(N(c3ccc4sc5ccccc5c4c3)c3cccc4c3-c3ccccc3C43C4CC5CC6CC3C64C5)ccc21. The highest BCUT2D eigenvalue weighted by molar-refractivity contribution is 7.25. The average molecular weight is 668 g/mol. The highest BCUT2D eigenvalue weighted by Crippen LogP contribution is 2.89. The quantitative estimate of drug-likeness (QED) is 0.182. The lowest BCUT2D eigenvalue weighted by Crippen LogP contribution is -2.73. The fourth-order valence-corrected chi connectivity index (χ4v) is 14.6. The first-order valence-corrected chi connectivity index (χ1v) is 20.1. The molecule has 0 N–H and O–H groups in total. The molecule has 0 radical (unpaired) electrons. The van der Waals surface area contributed by atoms with E-state index in [4.69, 9.17) is 0 Å². The van der Waals surface area contributed by atoms with Gasteiger partial charge in [-0.25, -0.2) is 0 Å². The van der Waals surface area contributed by atoms with Gasteiger partial charge in [-0.3, -0.25) is 0 Å². The zero-order chi connectivity index (χ0) is 33.4. The van der Waals surface area contributed by atoms with Crippen LogP contribution in [0.15, 0.2) is 103 Å². The summed E-state index contributed by atoms with van der Waals surface area (Å²) >= 11 is 1.91. The van der Waals surface area contributed by atoms with Crippen LogP contribution < -0.4 is 4.90 Å². The van der Waals surface area contributed by atoms with Gasteiger partial charge < -0.3 is 4.90 Å². The van der Waals surface area contributed by atoms with Crippen molar-refractivity contribution < 1.29 is 0 Å². The van der Waals surface area contributed by atoms with Crippen molar-refractivity contribution in [2.45, 2.75) is 82.5 Å². The summed E-state index contributed by atoms with van der Waals surface area (Å²) in [5, 5.41) is 2.72. The minimum Gasteiger partial charge on any atom is -0.310 e. The number of nitrogens with zero attached hydrogens (tertiary/aromatic N) is 1. The van der Waals surface area contributed by atoms with Crippen molar-refractivity contribution in [3.8, 4) is 11.1 Å². The molecular weight excluding hydrogens is 623 g/mol. The molecule has 6 unspecified atom stereocenters. The van der Waals surface area contributed by atoms with Crippen LogP contribution in [0.5, 0.6) is 0 Å². The van der Waals surface area contributed by atoms with Gasteiger partial charge in [0.2, 0.25) is 0 Å². The molecule has 0 aliphatic heterocycles. The van der Waals surface area contributed by atoms with Gasteiger partial charge in [0.05, 0.1) is 5.69 Å². The van der Waals surface area contributed by atoms with E-state index < -0.39 is 0 Å². The molecule has 248 valence electrons. The predicted molar refractivity (Wildman–Crippen MR) is 210 cm³/mol. The molecule has 2 heteroatoms. The van der Waals surface area contributed by atoms with Gasteiger partial charge in [-0.15, -0.1) is 11.3 Å². The van der Waals surface area contributed by atoms with E-state index >= 15 is 0 Å². The number of rotatable bonds is 3. The molecule has 50 heavy (non-hydrogen) atoms. The van der Waals surface area contributed by atoms with Crippen molar-refractivity contribution in [2.75, 3.05) is 4.90 Å². The number of fused-ring (bicyclic) bond motifs is 12. The van der Waals surface area contributed by atoms with Crippen LogP contribution in [-0.2, 0) is 16.2 Å². The lowest BCUT2D eigenvalue weighted by Gasteiger charge is -2.76. The van der Waals surface area contributed by atoms with Crippen LogP contribution in [0.1, 0.15) is 88.5 Å². The number of thiophene rings is 1. The summed E-state index contributed by atoms with van der Waals surface area (Å²) < 4.78 is 2.73. The Hall–Kier alpha value is -3.88. The van der Waals surface area contributed by atoms with Crippen LogP contribution in [0.25, 0.3) is 31.3 Å². The standard InChI is InChI=1S/C48H45NS/c1-45(2)20-21-46(3,4)38-26-31(16-18-36(38)45)49(30-17-19-41-34(25-30)32-10-6-8-15-40(32)50-41)39-14-9-13-37-44(39)33-11-5-7-12-35(33)48(37)42-23-28-22-29-24-43(48)47(29,42)27-28/h5-19,25-26,28-29,42-43H,20-24,27H2,1-4H3. The predicted octanol–water partition coefficient (Wildman–Crippen LogP) is 13.2. The lowest BCUT2D eigenvalue weighted by molar-refractivity contribution is -0.231. The van der Waals surface area contributed by atoms with Crippen molar-refractivity contribution >= 4 is 48.6 Å². The van der Waals surface area contributed by atoms with Crippen LogP contribution in [-0.4, -0.2) is 0 Å². The number of benzene rings is 5. The second-order valence-electron chi connectivity index (χ2n) is 18.4. The zero-order valence-electron chi connectivity index (χ0n) is 29.7. The molecule has 2 bridgehead atoms. The largest absolute Gasteiger partial charge is 0.310 e. The first-order valence-electron chi connectivity index (χ1n) is 19.3. The average Bonchev–Trinajstić information content (AvgIpc) is 3.85. The van der Waals surface area contributed by atoms with Gasteiger partial charge in [0.25, 0.3) is 0 Å². The Morgan fingerprint density at radius 3 is 2.20 bits per heavy atom. The fourth-order valence-electron chi connectivity index (χ4n) is 13.5. The smallest absolute Gasteiger partial charge is 0.0543 e. The van der Waals surface area contributed by atoms with Gasteiger partial charge >= 0.3 is 0 Å². The molecule has 6 aliphatic carbocycles. The molecule has 1 aromatic heterocycles. The molecule has 4 saturated carbocycles. The van der Waals surface area contributed by atoms with Crippen LogP contribution >= 0.6 is 11.3 Å². The van der Waals surface area contributed by atoms with Crippen molar-refractivity contribution in [1.82, 2.24) is 0 Å². The second-order valence-corrected chi connectivity index (χ2v) is 19.5. The summed E-state index contributed by atoms with van der Waals surface area (Å²) in [5.74, 6) is 3.57. The summed E-state index contributed by atoms with van der Waals surface area (Å²) in [6.07, 6.45) is 8.34. The summed E-state index contributed by atoms with van der Waals surface area (Å²) in [4.78, 5) is 2.65. The molecule has 5 aromatic carbocycles. The topological polar surface area (TPSA) is 3.24 Å². The lowest BCUT2D eigenvalue weighted by atomic mass is 9.27. The summed E-state index contributed by atoms with van der Waals surface area (Å²) in [5.41, 5.74) is 14.3. The van der Waals surface area contributed by atoms with E-state index in [0.717, 1.165) is 23.7 Å². The Balaban J connectivity index is 1.13. The van der Waals surface area contributed by atoms with Gasteiger partial charge in [0, 0.05) is 42.5 Å². The van der Waals surface area contributed by atoms with Crippen molar-refractivity contribution in [3.63, 3.8) is 0 Å². The molecule has 1 nitrogen and oxygen atoms in total. The van der Waals surface area contributed by atoms with Crippen molar-refractivity contribution in [1.29, 1.82) is 0 Å². The van der Waals surface area contributed by atoms with Gasteiger partial charge in [-0.2, -0.15) is 0 Å². The maximum atomic E-state index is 2.65. The van der Waals surface area contributed by atoms with Crippen LogP contribution in [0, 0.1) is 29.1 Å². The molecule has 6 aromatic rings. The Morgan fingerprint density at radius 1 is 0.600 bits per heavy atom. The first-order chi connectivity index (χ1) is 24.2. The van der Waals surface area contributed by atoms with Crippen LogP contribution in [0.3, 0.4) is 0 Å². The van der Waals surface area contributed by atoms with Gasteiger partial charge in [0.15, 0.2) is 0 Å². The Kier molecular flexibility index (Phi) is 5.25. The molecule has 2 spiro atoms. The third-order valence-electron chi connectivity index (χ3n) is 15.6. The third kappa shape index (κ3) is 3.20. The van der Waals surface area contributed by atoms with Gasteiger partial charge in [-0.1, -0.05) is 88.4 Å². The molecule has 6 atom stereocenters. The molecule has 1 heterocycles. The van der Waals surface area contributed by atoms with E-state index in [1.165, 1.54) is 98.0 Å². The van der Waals surface area contributed by atoms with Crippen LogP contribution in [0.4, 0.5) is 17.1 Å². The zero-order valence-corrected chi connectivity index (χ0v) is 30.5. The highest BCUT2D eigenvalue weighted by atomic mass is 32.1. The fraction of sp³-hybridized carbons (Fsp3) is 0.375. The van der Waals surface area contributed by atoms with E-state index in [1.807, 2.05) is 11.3 Å². The minimum atomic E-state index is 0.137. The first kappa shape index (κ1) is 28.8. The third-order valence-corrected chi connectivity index (χ3v) is 16.7. The number of hydrogen-bond donors (Lipinski definition) is 0. The van der Waals surface area contributed by atoms with E-state index in [-0.39, 0.29) is 16.2 Å². The van der Waals surface area contributed by atoms with E-state index in [2.05, 4.69) is 136 Å². The summed E-state index contributed by atoms with van der Waals surface area (Å²) in [6.45, 7) is 9.82. The maximum Gasteiger partial charge on any atom is 0.0543 e. The summed E-state index contributed by atoms with van der Waals surface area (Å²) in [7, 11) is 0. The molecule has 4 fully saturated rings. The normalized spacial score (nSPS) is 31.2. The highest BCUT2D eigenvalue weighted by Gasteiger charge is 2.84. The van der Waals surface area contributed by atoms with Crippen molar-refractivity contribution in [3.05, 3.63) is 125 Å².